The standard InChI is InChI=1S/C16H22N2O2/c1-12(17)16(14-8-4-5-9-15(14)19-3)18(2)11-13-7-6-10-20-13/h4-10,12,16H,11,17H2,1-3H3. The van der Waals surface area contributed by atoms with Gasteiger partial charge in [-0.15, -0.1) is 0 Å². The summed E-state index contributed by atoms with van der Waals surface area (Å²) in [6, 6.07) is 11.9. The Morgan fingerprint density at radius 3 is 2.60 bits per heavy atom. The lowest BCUT2D eigenvalue weighted by Crippen LogP contribution is -2.37. The first kappa shape index (κ1) is 14.6. The monoisotopic (exact) mass is 274 g/mol. The van der Waals surface area contributed by atoms with Crippen molar-refractivity contribution < 1.29 is 9.15 Å². The van der Waals surface area contributed by atoms with E-state index in [1.165, 1.54) is 0 Å². The van der Waals surface area contributed by atoms with Crippen LogP contribution in [0.15, 0.2) is 47.1 Å². The minimum absolute atomic E-state index is 0.0220. The average Bonchev–Trinajstić information content (AvgIpc) is 2.92. The Labute approximate surface area is 120 Å². The number of rotatable bonds is 6. The largest absolute Gasteiger partial charge is 0.496 e. The maximum Gasteiger partial charge on any atom is 0.123 e. The molecule has 0 saturated carbocycles. The third-order valence-corrected chi connectivity index (χ3v) is 3.42. The van der Waals surface area contributed by atoms with Crippen LogP contribution in [0.4, 0.5) is 0 Å². The van der Waals surface area contributed by atoms with E-state index in [4.69, 9.17) is 14.9 Å². The SMILES string of the molecule is COc1ccccc1C(C(C)N)N(C)Cc1ccco1. The molecule has 4 nitrogen and oxygen atoms in total. The first-order valence-corrected chi connectivity index (χ1v) is 6.74. The third-order valence-electron chi connectivity index (χ3n) is 3.42. The highest BCUT2D eigenvalue weighted by molar-refractivity contribution is 5.36. The van der Waals surface area contributed by atoms with Crippen molar-refractivity contribution in [1.29, 1.82) is 0 Å². The molecule has 0 aliphatic heterocycles. The molecule has 2 N–H and O–H groups in total. The Morgan fingerprint density at radius 2 is 2.00 bits per heavy atom. The summed E-state index contributed by atoms with van der Waals surface area (Å²) in [5.41, 5.74) is 7.29. The molecule has 0 amide bonds. The van der Waals surface area contributed by atoms with Gasteiger partial charge in [0.15, 0.2) is 0 Å². The van der Waals surface area contributed by atoms with Gasteiger partial charge in [-0.3, -0.25) is 4.90 Å². The van der Waals surface area contributed by atoms with Gasteiger partial charge in [-0.2, -0.15) is 0 Å². The van der Waals surface area contributed by atoms with Crippen molar-refractivity contribution in [3.8, 4) is 5.75 Å². The fourth-order valence-corrected chi connectivity index (χ4v) is 2.58. The lowest BCUT2D eigenvalue weighted by atomic mass is 9.98. The molecule has 0 aliphatic carbocycles. The molecule has 0 saturated heterocycles. The quantitative estimate of drug-likeness (QED) is 0.880. The summed E-state index contributed by atoms with van der Waals surface area (Å²) >= 11 is 0. The maximum atomic E-state index is 6.19. The van der Waals surface area contributed by atoms with Crippen LogP contribution < -0.4 is 10.5 Å². The second kappa shape index (κ2) is 6.59. The fourth-order valence-electron chi connectivity index (χ4n) is 2.58. The van der Waals surface area contributed by atoms with Gasteiger partial charge in [0, 0.05) is 11.6 Å². The van der Waals surface area contributed by atoms with Gasteiger partial charge in [-0.25, -0.2) is 0 Å². The van der Waals surface area contributed by atoms with Crippen molar-refractivity contribution in [2.24, 2.45) is 5.73 Å². The summed E-state index contributed by atoms with van der Waals surface area (Å²) in [5.74, 6) is 1.79. The zero-order valence-electron chi connectivity index (χ0n) is 12.2. The average molecular weight is 274 g/mol. The van der Waals surface area contributed by atoms with Gasteiger partial charge < -0.3 is 14.9 Å². The summed E-state index contributed by atoms with van der Waals surface area (Å²) in [6.07, 6.45) is 1.69. The van der Waals surface area contributed by atoms with Crippen LogP contribution in [0.2, 0.25) is 0 Å². The fraction of sp³-hybridized carbons (Fsp3) is 0.375. The van der Waals surface area contributed by atoms with Gasteiger partial charge in [0.05, 0.1) is 26.0 Å². The van der Waals surface area contributed by atoms with E-state index in [9.17, 15) is 0 Å². The first-order valence-electron chi connectivity index (χ1n) is 6.74. The zero-order valence-corrected chi connectivity index (χ0v) is 12.2. The van der Waals surface area contributed by atoms with Crippen molar-refractivity contribution in [3.63, 3.8) is 0 Å². The second-order valence-corrected chi connectivity index (χ2v) is 5.04. The van der Waals surface area contributed by atoms with Crippen LogP contribution in [0, 0.1) is 0 Å². The van der Waals surface area contributed by atoms with E-state index in [1.54, 1.807) is 13.4 Å². The van der Waals surface area contributed by atoms with E-state index in [0.717, 1.165) is 17.1 Å². The van der Waals surface area contributed by atoms with Gasteiger partial charge in [-0.05, 0) is 32.2 Å². The Kier molecular flexibility index (Phi) is 4.82. The number of ether oxygens (including phenoxy) is 1. The van der Waals surface area contributed by atoms with Crippen LogP contribution >= 0.6 is 0 Å². The van der Waals surface area contributed by atoms with Crippen LogP contribution in [0.3, 0.4) is 0 Å². The normalized spacial score (nSPS) is 14.2. The van der Waals surface area contributed by atoms with Crippen molar-refractivity contribution in [3.05, 3.63) is 54.0 Å². The number of nitrogens with zero attached hydrogens (tertiary/aromatic N) is 1. The van der Waals surface area contributed by atoms with Gasteiger partial charge in [0.1, 0.15) is 11.5 Å². The maximum absolute atomic E-state index is 6.19. The lowest BCUT2D eigenvalue weighted by molar-refractivity contribution is 0.192. The molecule has 1 heterocycles. The van der Waals surface area contributed by atoms with E-state index in [0.29, 0.717) is 6.54 Å². The van der Waals surface area contributed by atoms with Crippen LogP contribution in [-0.4, -0.2) is 25.1 Å². The van der Waals surface area contributed by atoms with Crippen molar-refractivity contribution in [2.75, 3.05) is 14.2 Å². The zero-order chi connectivity index (χ0) is 14.5. The summed E-state index contributed by atoms with van der Waals surface area (Å²) in [7, 11) is 3.73. The molecular formula is C16H22N2O2. The van der Waals surface area contributed by atoms with Crippen molar-refractivity contribution in [2.45, 2.75) is 25.6 Å². The molecule has 0 radical (unpaired) electrons. The van der Waals surface area contributed by atoms with Crippen molar-refractivity contribution >= 4 is 0 Å². The third kappa shape index (κ3) is 3.21. The predicted octanol–water partition coefficient (Wildman–Crippen LogP) is 2.81. The van der Waals surface area contributed by atoms with Crippen LogP contribution in [0.5, 0.6) is 5.75 Å². The minimum atomic E-state index is -0.0220. The number of furan rings is 1. The Morgan fingerprint density at radius 1 is 1.25 bits per heavy atom. The van der Waals surface area contributed by atoms with Gasteiger partial charge in [0.2, 0.25) is 0 Å². The first-order chi connectivity index (χ1) is 9.63. The second-order valence-electron chi connectivity index (χ2n) is 5.04. The molecule has 2 atom stereocenters. The number of likely N-dealkylation sites (N-methyl/N-ethyl adjacent to an activating group) is 1. The number of benzene rings is 1. The van der Waals surface area contributed by atoms with Crippen LogP contribution in [-0.2, 0) is 6.54 Å². The van der Waals surface area contributed by atoms with Crippen LogP contribution in [0.25, 0.3) is 0 Å². The Bertz CT molecular complexity index is 523. The summed E-state index contributed by atoms with van der Waals surface area (Å²) in [6.45, 7) is 2.72. The van der Waals surface area contributed by atoms with E-state index < -0.39 is 0 Å². The molecule has 0 spiro atoms. The molecule has 2 rings (SSSR count). The molecule has 0 fully saturated rings. The Balaban J connectivity index is 2.26. The number of hydrogen-bond donors (Lipinski definition) is 1. The molecule has 0 bridgehead atoms. The molecule has 0 aliphatic rings. The topological polar surface area (TPSA) is 51.6 Å². The molecule has 1 aromatic heterocycles. The van der Waals surface area contributed by atoms with E-state index in [-0.39, 0.29) is 12.1 Å². The number of para-hydroxylation sites is 1. The van der Waals surface area contributed by atoms with Gasteiger partial charge in [-0.1, -0.05) is 18.2 Å². The van der Waals surface area contributed by atoms with E-state index in [1.807, 2.05) is 44.3 Å². The molecule has 2 unspecified atom stereocenters. The predicted molar refractivity (Wildman–Crippen MR) is 79.6 cm³/mol. The highest BCUT2D eigenvalue weighted by atomic mass is 16.5. The molecular weight excluding hydrogens is 252 g/mol. The number of nitrogens with two attached hydrogens (primary N) is 1. The van der Waals surface area contributed by atoms with Crippen LogP contribution in [0.1, 0.15) is 24.3 Å². The summed E-state index contributed by atoms with van der Waals surface area (Å²) < 4.78 is 10.9. The number of methoxy groups -OCH3 is 1. The van der Waals surface area contributed by atoms with Gasteiger partial charge in [0.25, 0.3) is 0 Å². The molecule has 20 heavy (non-hydrogen) atoms. The van der Waals surface area contributed by atoms with E-state index >= 15 is 0 Å². The van der Waals surface area contributed by atoms with Crippen molar-refractivity contribution in [1.82, 2.24) is 4.90 Å². The Hall–Kier alpha value is -1.78. The van der Waals surface area contributed by atoms with Gasteiger partial charge >= 0.3 is 0 Å². The minimum Gasteiger partial charge on any atom is -0.496 e. The lowest BCUT2D eigenvalue weighted by Gasteiger charge is -2.31. The molecule has 2 aromatic rings. The molecule has 1 aromatic carbocycles. The van der Waals surface area contributed by atoms with E-state index in [2.05, 4.69) is 11.0 Å². The molecule has 108 valence electrons. The highest BCUT2D eigenvalue weighted by Crippen LogP contribution is 2.31. The smallest absolute Gasteiger partial charge is 0.123 e. The highest BCUT2D eigenvalue weighted by Gasteiger charge is 2.24. The summed E-state index contributed by atoms with van der Waals surface area (Å²) in [4.78, 5) is 2.18. The number of hydrogen-bond acceptors (Lipinski definition) is 4. The molecule has 4 heteroatoms. The summed E-state index contributed by atoms with van der Waals surface area (Å²) in [5, 5.41) is 0.